The van der Waals surface area contributed by atoms with Crippen molar-refractivity contribution >= 4 is 53.5 Å². The van der Waals surface area contributed by atoms with Crippen LogP contribution >= 0.6 is 43.5 Å². The Labute approximate surface area is 155 Å². The van der Waals surface area contributed by atoms with Crippen LogP contribution in [-0.4, -0.2) is 15.0 Å². The van der Waals surface area contributed by atoms with Gasteiger partial charge in [-0.25, -0.2) is 13.1 Å². The topological polar surface area (TPSA) is 46.2 Å². The molecule has 0 spiro atoms. The first-order valence-corrected chi connectivity index (χ1v) is 11.0. The Morgan fingerprint density at radius 2 is 1.64 bits per heavy atom. The summed E-state index contributed by atoms with van der Waals surface area (Å²) in [4.78, 5) is 0.104. The standard InChI is InChI=1S/C15H22Br2ClNO2S/c1-2-3-4-5-6-7-8-11-19-22(20,21)13-10-9-12(16)14(17)15(13)18/h9-10,19H,2-8,11H2,1H3. The second kappa shape index (κ2) is 10.3. The lowest BCUT2D eigenvalue weighted by Gasteiger charge is -2.10. The van der Waals surface area contributed by atoms with Crippen LogP contribution in [0.15, 0.2) is 26.0 Å². The molecule has 0 radical (unpaired) electrons. The van der Waals surface area contributed by atoms with Crippen molar-refractivity contribution in [3.8, 4) is 0 Å². The molecule has 0 amide bonds. The number of unbranched alkanes of at least 4 members (excludes halogenated alkanes) is 6. The highest BCUT2D eigenvalue weighted by Crippen LogP contribution is 2.35. The predicted molar refractivity (Wildman–Crippen MR) is 100 cm³/mol. The van der Waals surface area contributed by atoms with Gasteiger partial charge in [0.05, 0.1) is 9.50 Å². The molecule has 0 fully saturated rings. The molecule has 7 heteroatoms. The van der Waals surface area contributed by atoms with Crippen LogP contribution in [0.4, 0.5) is 0 Å². The maximum atomic E-state index is 12.3. The van der Waals surface area contributed by atoms with Crippen molar-refractivity contribution in [3.63, 3.8) is 0 Å². The Morgan fingerprint density at radius 3 is 2.27 bits per heavy atom. The van der Waals surface area contributed by atoms with Crippen LogP contribution < -0.4 is 4.72 Å². The van der Waals surface area contributed by atoms with E-state index in [-0.39, 0.29) is 9.92 Å². The molecule has 22 heavy (non-hydrogen) atoms. The SMILES string of the molecule is CCCCCCCCCNS(=O)(=O)c1ccc(Br)c(Br)c1Cl. The average molecular weight is 476 g/mol. The van der Waals surface area contributed by atoms with Gasteiger partial charge in [0.25, 0.3) is 0 Å². The van der Waals surface area contributed by atoms with Gasteiger partial charge in [-0.15, -0.1) is 0 Å². The molecule has 1 aromatic rings. The first-order valence-electron chi connectivity index (χ1n) is 7.53. The van der Waals surface area contributed by atoms with E-state index in [2.05, 4.69) is 43.5 Å². The molecule has 126 valence electrons. The maximum absolute atomic E-state index is 12.3. The molecule has 1 aromatic carbocycles. The van der Waals surface area contributed by atoms with E-state index >= 15 is 0 Å². The maximum Gasteiger partial charge on any atom is 0.242 e. The van der Waals surface area contributed by atoms with Crippen LogP contribution in [0, 0.1) is 0 Å². The van der Waals surface area contributed by atoms with E-state index in [9.17, 15) is 8.42 Å². The largest absolute Gasteiger partial charge is 0.242 e. The molecule has 0 aliphatic carbocycles. The van der Waals surface area contributed by atoms with Crippen LogP contribution in [-0.2, 0) is 10.0 Å². The fourth-order valence-electron chi connectivity index (χ4n) is 2.08. The van der Waals surface area contributed by atoms with Crippen LogP contribution in [0.2, 0.25) is 5.02 Å². The van der Waals surface area contributed by atoms with Crippen molar-refractivity contribution < 1.29 is 8.42 Å². The highest BCUT2D eigenvalue weighted by molar-refractivity contribution is 9.13. The molecule has 0 aliphatic heterocycles. The van der Waals surface area contributed by atoms with Gasteiger partial charge in [-0.2, -0.15) is 0 Å². The summed E-state index contributed by atoms with van der Waals surface area (Å²) in [7, 11) is -3.56. The third kappa shape index (κ3) is 6.48. The second-order valence-electron chi connectivity index (χ2n) is 5.19. The lowest BCUT2D eigenvalue weighted by molar-refractivity contribution is 0.563. The van der Waals surface area contributed by atoms with Crippen molar-refractivity contribution in [1.29, 1.82) is 0 Å². The number of nitrogens with one attached hydrogen (secondary N) is 1. The quantitative estimate of drug-likeness (QED) is 0.339. The summed E-state index contributed by atoms with van der Waals surface area (Å²) in [5, 5.41) is 0.196. The summed E-state index contributed by atoms with van der Waals surface area (Å²) in [6.45, 7) is 2.64. The van der Waals surface area contributed by atoms with Crippen molar-refractivity contribution in [3.05, 3.63) is 26.1 Å². The highest BCUT2D eigenvalue weighted by Gasteiger charge is 2.20. The van der Waals surface area contributed by atoms with E-state index in [0.717, 1.165) is 23.7 Å². The van der Waals surface area contributed by atoms with Gasteiger partial charge in [-0.3, -0.25) is 0 Å². The van der Waals surface area contributed by atoms with E-state index < -0.39 is 10.0 Å². The number of hydrogen-bond acceptors (Lipinski definition) is 2. The zero-order valence-corrected chi connectivity index (χ0v) is 17.4. The van der Waals surface area contributed by atoms with Crippen LogP contribution in [0.3, 0.4) is 0 Å². The van der Waals surface area contributed by atoms with E-state index in [1.54, 1.807) is 6.07 Å². The fraction of sp³-hybridized carbons (Fsp3) is 0.600. The van der Waals surface area contributed by atoms with Crippen LogP contribution in [0.5, 0.6) is 0 Å². The van der Waals surface area contributed by atoms with E-state index in [0.29, 0.717) is 11.0 Å². The van der Waals surface area contributed by atoms with E-state index in [1.807, 2.05) is 0 Å². The van der Waals surface area contributed by atoms with Gasteiger partial charge >= 0.3 is 0 Å². The molecule has 1 N–H and O–H groups in total. The first kappa shape index (κ1) is 20.4. The first-order chi connectivity index (χ1) is 10.4. The van der Waals surface area contributed by atoms with E-state index in [4.69, 9.17) is 11.6 Å². The fourth-order valence-corrected chi connectivity index (χ4v) is 4.63. The van der Waals surface area contributed by atoms with Gasteiger partial charge in [0.1, 0.15) is 4.90 Å². The summed E-state index contributed by atoms with van der Waals surface area (Å²) in [5.41, 5.74) is 0. The smallest absolute Gasteiger partial charge is 0.211 e. The number of benzene rings is 1. The van der Waals surface area contributed by atoms with Gasteiger partial charge in [-0.05, 0) is 50.4 Å². The summed E-state index contributed by atoms with van der Waals surface area (Å²) in [6, 6.07) is 3.17. The molecule has 1 rings (SSSR count). The minimum atomic E-state index is -3.56. The minimum absolute atomic E-state index is 0.104. The second-order valence-corrected chi connectivity index (χ2v) is 8.95. The number of sulfonamides is 1. The molecule has 0 bridgehead atoms. The third-order valence-electron chi connectivity index (χ3n) is 3.36. The summed E-state index contributed by atoms with van der Waals surface area (Å²) in [6.07, 6.45) is 8.07. The Bertz CT molecular complexity index is 579. The molecule has 0 aromatic heterocycles. The van der Waals surface area contributed by atoms with Crippen LogP contribution in [0.1, 0.15) is 51.9 Å². The number of halogens is 3. The van der Waals surface area contributed by atoms with Crippen molar-refractivity contribution in [1.82, 2.24) is 4.72 Å². The molecular formula is C15H22Br2ClNO2S. The monoisotopic (exact) mass is 473 g/mol. The summed E-state index contributed by atoms with van der Waals surface area (Å²) < 4.78 is 28.4. The summed E-state index contributed by atoms with van der Waals surface area (Å²) >= 11 is 12.7. The highest BCUT2D eigenvalue weighted by atomic mass is 79.9. The Hall–Kier alpha value is 0.380. The predicted octanol–water partition coefficient (Wildman–Crippen LogP) is 5.89. The summed E-state index contributed by atoms with van der Waals surface area (Å²) in [5.74, 6) is 0. The van der Waals surface area contributed by atoms with Crippen molar-refractivity contribution in [2.75, 3.05) is 6.54 Å². The lowest BCUT2D eigenvalue weighted by atomic mass is 10.1. The number of rotatable bonds is 10. The van der Waals surface area contributed by atoms with Gasteiger partial charge in [0, 0.05) is 11.0 Å². The van der Waals surface area contributed by atoms with Crippen LogP contribution in [0.25, 0.3) is 0 Å². The number of hydrogen-bond donors (Lipinski definition) is 1. The van der Waals surface area contributed by atoms with Gasteiger partial charge in [-0.1, -0.05) is 57.0 Å². The molecule has 0 aliphatic rings. The van der Waals surface area contributed by atoms with E-state index in [1.165, 1.54) is 31.7 Å². The van der Waals surface area contributed by atoms with Gasteiger partial charge in [0.2, 0.25) is 10.0 Å². The van der Waals surface area contributed by atoms with Crippen molar-refractivity contribution in [2.45, 2.75) is 56.8 Å². The minimum Gasteiger partial charge on any atom is -0.211 e. The van der Waals surface area contributed by atoms with Crippen molar-refractivity contribution in [2.24, 2.45) is 0 Å². The molecule has 0 atom stereocenters. The molecular weight excluding hydrogens is 453 g/mol. The average Bonchev–Trinajstić information content (AvgIpc) is 2.47. The molecule has 0 heterocycles. The Kier molecular flexibility index (Phi) is 9.55. The normalized spacial score (nSPS) is 11.8. The molecule has 0 saturated heterocycles. The Balaban J connectivity index is 2.44. The Morgan fingerprint density at radius 1 is 1.05 bits per heavy atom. The molecule has 3 nitrogen and oxygen atoms in total. The van der Waals surface area contributed by atoms with Gasteiger partial charge < -0.3 is 0 Å². The lowest BCUT2D eigenvalue weighted by Crippen LogP contribution is -2.25. The third-order valence-corrected chi connectivity index (χ3v) is 7.61. The zero-order chi connectivity index (χ0) is 16.6. The molecule has 0 unspecified atom stereocenters. The zero-order valence-electron chi connectivity index (χ0n) is 12.7. The molecule has 0 saturated carbocycles. The van der Waals surface area contributed by atoms with Gasteiger partial charge in [0.15, 0.2) is 0 Å².